The van der Waals surface area contributed by atoms with Crippen molar-refractivity contribution in [2.45, 2.75) is 19.1 Å². The van der Waals surface area contributed by atoms with Gasteiger partial charge in [0.25, 0.3) is 0 Å². The Morgan fingerprint density at radius 2 is 1.81 bits per heavy atom. The Morgan fingerprint density at radius 1 is 1.25 bits per heavy atom. The molecule has 0 unspecified atom stereocenters. The Hall–Kier alpha value is -0.290. The molecule has 0 aromatic heterocycles. The van der Waals surface area contributed by atoms with Crippen LogP contribution in [0.2, 0.25) is 10.0 Å². The third kappa shape index (κ3) is 3.94. The van der Waals surface area contributed by atoms with Crippen LogP contribution < -0.4 is 4.72 Å². The Labute approximate surface area is 106 Å². The molecule has 6 heteroatoms. The number of hydrogen-bond acceptors (Lipinski definition) is 2. The zero-order valence-electron chi connectivity index (χ0n) is 8.83. The first-order valence-corrected chi connectivity index (χ1v) is 7.27. The lowest BCUT2D eigenvalue weighted by Crippen LogP contribution is -2.26. The van der Waals surface area contributed by atoms with Crippen LogP contribution in [-0.2, 0) is 15.8 Å². The number of halogens is 2. The predicted octanol–water partition coefficient (Wildman–Crippen LogP) is 2.82. The summed E-state index contributed by atoms with van der Waals surface area (Å²) in [5, 5.41) is 0.740. The summed E-state index contributed by atoms with van der Waals surface area (Å²) in [6.45, 7) is 2.31. The molecule has 90 valence electrons. The van der Waals surface area contributed by atoms with Crippen LogP contribution in [0.5, 0.6) is 0 Å². The highest BCUT2D eigenvalue weighted by Crippen LogP contribution is 2.25. The molecule has 0 heterocycles. The summed E-state index contributed by atoms with van der Waals surface area (Å²) >= 11 is 11.8. The standard InChI is InChI=1S/C10H13Cl2NO2S/c1-2-6-13-16(14,15)7-8-9(11)4-3-5-10(8)12/h3-5,13H,2,6-7H2,1H3. The van der Waals surface area contributed by atoms with Crippen molar-refractivity contribution in [1.29, 1.82) is 0 Å². The average Bonchev–Trinajstić information content (AvgIpc) is 2.21. The fraction of sp³-hybridized carbons (Fsp3) is 0.400. The predicted molar refractivity (Wildman–Crippen MR) is 67.4 cm³/mol. The molecule has 0 aliphatic carbocycles. The Morgan fingerprint density at radius 3 is 2.31 bits per heavy atom. The van der Waals surface area contributed by atoms with Gasteiger partial charge in [0.1, 0.15) is 0 Å². The molecule has 0 radical (unpaired) electrons. The fourth-order valence-corrected chi connectivity index (χ4v) is 3.17. The maximum absolute atomic E-state index is 11.6. The average molecular weight is 282 g/mol. The van der Waals surface area contributed by atoms with Gasteiger partial charge in [0, 0.05) is 22.2 Å². The monoisotopic (exact) mass is 281 g/mol. The minimum absolute atomic E-state index is 0.189. The molecule has 0 amide bonds. The number of benzene rings is 1. The summed E-state index contributed by atoms with van der Waals surface area (Å²) in [5.41, 5.74) is 0.439. The number of sulfonamides is 1. The number of nitrogens with one attached hydrogen (secondary N) is 1. The zero-order chi connectivity index (χ0) is 12.2. The third-order valence-corrected chi connectivity index (χ3v) is 3.99. The number of hydrogen-bond donors (Lipinski definition) is 1. The fourth-order valence-electron chi connectivity index (χ4n) is 1.17. The van der Waals surface area contributed by atoms with Crippen molar-refractivity contribution in [3.63, 3.8) is 0 Å². The van der Waals surface area contributed by atoms with Gasteiger partial charge in [-0.2, -0.15) is 0 Å². The van der Waals surface area contributed by atoms with Crippen LogP contribution in [0.4, 0.5) is 0 Å². The summed E-state index contributed by atoms with van der Waals surface area (Å²) in [7, 11) is -3.36. The molecule has 0 bridgehead atoms. The van der Waals surface area contributed by atoms with Crippen LogP contribution in [0.3, 0.4) is 0 Å². The van der Waals surface area contributed by atoms with Crippen LogP contribution in [-0.4, -0.2) is 15.0 Å². The van der Waals surface area contributed by atoms with Crippen molar-refractivity contribution in [2.75, 3.05) is 6.54 Å². The molecule has 3 nitrogen and oxygen atoms in total. The van der Waals surface area contributed by atoms with Crippen molar-refractivity contribution in [1.82, 2.24) is 4.72 Å². The van der Waals surface area contributed by atoms with Crippen molar-refractivity contribution in [3.8, 4) is 0 Å². The Balaban J connectivity index is 2.88. The molecular weight excluding hydrogens is 269 g/mol. The van der Waals surface area contributed by atoms with E-state index in [0.29, 0.717) is 22.2 Å². The lowest BCUT2D eigenvalue weighted by Gasteiger charge is -2.08. The van der Waals surface area contributed by atoms with Gasteiger partial charge in [-0.15, -0.1) is 0 Å². The van der Waals surface area contributed by atoms with Gasteiger partial charge in [-0.3, -0.25) is 0 Å². The first-order chi connectivity index (χ1) is 7.46. The second-order valence-corrected chi connectivity index (χ2v) is 5.97. The van der Waals surface area contributed by atoms with Gasteiger partial charge in [-0.25, -0.2) is 13.1 Å². The summed E-state index contributed by atoms with van der Waals surface area (Å²) in [6, 6.07) is 4.93. The highest BCUT2D eigenvalue weighted by molar-refractivity contribution is 7.88. The molecule has 0 fully saturated rings. The van der Waals surface area contributed by atoms with Crippen molar-refractivity contribution in [2.24, 2.45) is 0 Å². The first-order valence-electron chi connectivity index (χ1n) is 4.86. The van der Waals surface area contributed by atoms with Gasteiger partial charge in [0.2, 0.25) is 10.0 Å². The quantitative estimate of drug-likeness (QED) is 0.902. The van der Waals surface area contributed by atoms with E-state index in [1.807, 2.05) is 6.92 Å². The van der Waals surface area contributed by atoms with E-state index in [2.05, 4.69) is 4.72 Å². The zero-order valence-corrected chi connectivity index (χ0v) is 11.2. The van der Waals surface area contributed by atoms with E-state index in [4.69, 9.17) is 23.2 Å². The molecule has 0 aliphatic rings. The number of rotatable bonds is 5. The normalized spacial score (nSPS) is 11.7. The third-order valence-electron chi connectivity index (χ3n) is 1.97. The lowest BCUT2D eigenvalue weighted by atomic mass is 10.2. The Bertz CT molecular complexity index is 440. The highest BCUT2D eigenvalue weighted by Gasteiger charge is 2.15. The topological polar surface area (TPSA) is 46.2 Å². The van der Waals surface area contributed by atoms with Crippen LogP contribution in [0.25, 0.3) is 0 Å². The minimum atomic E-state index is -3.36. The van der Waals surface area contributed by atoms with Gasteiger partial charge in [-0.05, 0) is 18.6 Å². The molecule has 1 N–H and O–H groups in total. The van der Waals surface area contributed by atoms with Crippen molar-refractivity contribution in [3.05, 3.63) is 33.8 Å². The second-order valence-electron chi connectivity index (χ2n) is 3.35. The first kappa shape index (κ1) is 13.8. The van der Waals surface area contributed by atoms with Gasteiger partial charge >= 0.3 is 0 Å². The maximum atomic E-state index is 11.6. The SMILES string of the molecule is CCCNS(=O)(=O)Cc1c(Cl)cccc1Cl. The summed E-state index contributed by atoms with van der Waals surface area (Å²) in [6.07, 6.45) is 0.746. The molecule has 16 heavy (non-hydrogen) atoms. The maximum Gasteiger partial charge on any atom is 0.215 e. The van der Waals surface area contributed by atoms with Crippen LogP contribution in [0.1, 0.15) is 18.9 Å². The van der Waals surface area contributed by atoms with E-state index in [9.17, 15) is 8.42 Å². The molecule has 0 aliphatic heterocycles. The smallest absolute Gasteiger partial charge is 0.215 e. The molecule has 0 atom stereocenters. The summed E-state index contributed by atoms with van der Waals surface area (Å²) in [5.74, 6) is -0.189. The lowest BCUT2D eigenvalue weighted by molar-refractivity contribution is 0.580. The van der Waals surface area contributed by atoms with E-state index in [-0.39, 0.29) is 5.75 Å². The second kappa shape index (κ2) is 5.87. The van der Waals surface area contributed by atoms with E-state index in [1.165, 1.54) is 0 Å². The van der Waals surface area contributed by atoms with E-state index >= 15 is 0 Å². The van der Waals surface area contributed by atoms with Crippen LogP contribution in [0.15, 0.2) is 18.2 Å². The van der Waals surface area contributed by atoms with Crippen LogP contribution in [0, 0.1) is 0 Å². The molecule has 0 spiro atoms. The molecular formula is C10H13Cl2NO2S. The molecule has 1 aromatic carbocycles. The van der Waals surface area contributed by atoms with E-state index in [0.717, 1.165) is 6.42 Å². The molecule has 1 aromatic rings. The van der Waals surface area contributed by atoms with Gasteiger partial charge < -0.3 is 0 Å². The van der Waals surface area contributed by atoms with Gasteiger partial charge in [-0.1, -0.05) is 36.2 Å². The van der Waals surface area contributed by atoms with E-state index < -0.39 is 10.0 Å². The van der Waals surface area contributed by atoms with Gasteiger partial charge in [0.15, 0.2) is 0 Å². The molecule has 1 rings (SSSR count). The van der Waals surface area contributed by atoms with Gasteiger partial charge in [0.05, 0.1) is 5.75 Å². The minimum Gasteiger partial charge on any atom is -0.215 e. The summed E-state index contributed by atoms with van der Waals surface area (Å²) < 4.78 is 25.7. The largest absolute Gasteiger partial charge is 0.215 e. The van der Waals surface area contributed by atoms with Crippen molar-refractivity contribution >= 4 is 33.2 Å². The molecule has 0 saturated carbocycles. The van der Waals surface area contributed by atoms with Crippen molar-refractivity contribution < 1.29 is 8.42 Å². The molecule has 0 saturated heterocycles. The Kier molecular flexibility index (Phi) is 5.05. The summed E-state index contributed by atoms with van der Waals surface area (Å²) in [4.78, 5) is 0. The highest BCUT2D eigenvalue weighted by atomic mass is 35.5. The van der Waals surface area contributed by atoms with Crippen LogP contribution >= 0.6 is 23.2 Å². The van der Waals surface area contributed by atoms with E-state index in [1.54, 1.807) is 18.2 Å².